The lowest BCUT2D eigenvalue weighted by Crippen LogP contribution is -2.23. The number of rotatable bonds is 0. The van der Waals surface area contributed by atoms with Gasteiger partial charge in [-0.2, -0.15) is 0 Å². The zero-order valence-electron chi connectivity index (χ0n) is 9.92. The lowest BCUT2D eigenvalue weighted by atomic mass is 9.79. The third-order valence-electron chi connectivity index (χ3n) is 3.45. The highest BCUT2D eigenvalue weighted by atomic mass is 35.5. The molecule has 0 N–H and O–H groups in total. The molecular formula is C15H11ClO2. The molecule has 0 aromatic heterocycles. The van der Waals surface area contributed by atoms with E-state index in [0.29, 0.717) is 40.1 Å². The highest BCUT2D eigenvalue weighted by molar-refractivity contribution is 6.32. The van der Waals surface area contributed by atoms with Crippen LogP contribution in [0.2, 0.25) is 0 Å². The van der Waals surface area contributed by atoms with Gasteiger partial charge in [0.1, 0.15) is 0 Å². The van der Waals surface area contributed by atoms with Crippen LogP contribution in [-0.2, 0) is 0 Å². The second-order valence-corrected chi connectivity index (χ2v) is 5.18. The summed E-state index contributed by atoms with van der Waals surface area (Å²) in [5, 5.41) is 0.644. The fourth-order valence-electron chi connectivity index (χ4n) is 2.50. The fourth-order valence-corrected chi connectivity index (χ4v) is 2.71. The molecule has 2 aliphatic carbocycles. The number of carbonyl (C=O) groups excluding carboxylic acids is 2. The van der Waals surface area contributed by atoms with Crippen LogP contribution in [0.25, 0.3) is 0 Å². The van der Waals surface area contributed by atoms with Crippen molar-refractivity contribution in [1.29, 1.82) is 0 Å². The van der Waals surface area contributed by atoms with E-state index in [2.05, 4.69) is 0 Å². The fraction of sp³-hybridized carbons (Fsp3) is 0.200. The van der Waals surface area contributed by atoms with Crippen molar-refractivity contribution in [1.82, 2.24) is 0 Å². The van der Waals surface area contributed by atoms with Gasteiger partial charge < -0.3 is 0 Å². The molecule has 0 heterocycles. The first-order valence-corrected chi connectivity index (χ1v) is 6.22. The van der Waals surface area contributed by atoms with Crippen molar-refractivity contribution in [3.8, 4) is 0 Å². The van der Waals surface area contributed by atoms with Gasteiger partial charge in [0.25, 0.3) is 0 Å². The molecule has 0 bridgehead atoms. The third-order valence-corrected chi connectivity index (χ3v) is 3.74. The minimum Gasteiger partial charge on any atom is -0.289 e. The minimum absolute atomic E-state index is 0.0243. The summed E-state index contributed by atoms with van der Waals surface area (Å²) in [5.74, 6) is -0.0745. The predicted molar refractivity (Wildman–Crippen MR) is 70.0 cm³/mol. The number of aryl methyl sites for hydroxylation is 1. The molecule has 0 saturated heterocycles. The summed E-state index contributed by atoms with van der Waals surface area (Å²) in [6, 6.07) is 5.38. The normalized spacial score (nSPS) is 18.4. The van der Waals surface area contributed by atoms with E-state index in [0.717, 1.165) is 5.56 Å². The summed E-state index contributed by atoms with van der Waals surface area (Å²) in [4.78, 5) is 24.7. The van der Waals surface area contributed by atoms with Crippen LogP contribution in [0.15, 0.2) is 40.5 Å². The van der Waals surface area contributed by atoms with Crippen molar-refractivity contribution < 1.29 is 9.59 Å². The van der Waals surface area contributed by atoms with E-state index in [1.165, 1.54) is 0 Å². The van der Waals surface area contributed by atoms with Crippen LogP contribution >= 0.6 is 11.6 Å². The van der Waals surface area contributed by atoms with E-state index in [4.69, 9.17) is 11.6 Å². The molecule has 0 atom stereocenters. The van der Waals surface area contributed by atoms with E-state index in [9.17, 15) is 9.59 Å². The van der Waals surface area contributed by atoms with E-state index in [-0.39, 0.29) is 11.6 Å². The van der Waals surface area contributed by atoms with Crippen LogP contribution in [0.4, 0.5) is 0 Å². The largest absolute Gasteiger partial charge is 0.289 e. The van der Waals surface area contributed by atoms with E-state index >= 15 is 0 Å². The number of Topliss-reactive ketones (excluding diaryl/α,β-unsaturated/α-hetero) is 2. The van der Waals surface area contributed by atoms with Crippen molar-refractivity contribution in [3.05, 3.63) is 57.1 Å². The maximum absolute atomic E-state index is 12.4. The predicted octanol–water partition coefficient (Wildman–Crippen LogP) is 3.59. The van der Waals surface area contributed by atoms with Crippen molar-refractivity contribution >= 4 is 23.2 Å². The van der Waals surface area contributed by atoms with Crippen molar-refractivity contribution in [2.24, 2.45) is 0 Å². The molecule has 3 heteroatoms. The summed E-state index contributed by atoms with van der Waals surface area (Å²) in [5.41, 5.74) is 3.22. The summed E-state index contributed by atoms with van der Waals surface area (Å²) in [6.45, 7) is 1.92. The molecule has 1 aromatic carbocycles. The number of allylic oxidation sites excluding steroid dienone is 4. The first-order chi connectivity index (χ1) is 8.58. The Labute approximate surface area is 110 Å². The number of fused-ring (bicyclic) bond motifs is 1. The minimum atomic E-state index is -0.0501. The Kier molecular flexibility index (Phi) is 2.49. The number of carbonyl (C=O) groups is 2. The number of ketones is 2. The summed E-state index contributed by atoms with van der Waals surface area (Å²) in [6.07, 6.45) is 2.66. The monoisotopic (exact) mass is 258 g/mol. The van der Waals surface area contributed by atoms with E-state index in [1.54, 1.807) is 12.1 Å². The Morgan fingerprint density at radius 2 is 1.78 bits per heavy atom. The molecule has 0 amide bonds. The summed E-state index contributed by atoms with van der Waals surface area (Å²) < 4.78 is 0. The Morgan fingerprint density at radius 3 is 2.56 bits per heavy atom. The van der Waals surface area contributed by atoms with Gasteiger partial charge in [0.2, 0.25) is 0 Å². The van der Waals surface area contributed by atoms with Crippen LogP contribution in [-0.4, -0.2) is 11.6 Å². The number of benzene rings is 1. The Morgan fingerprint density at radius 1 is 1.06 bits per heavy atom. The Balaban J connectivity index is 2.18. The van der Waals surface area contributed by atoms with Gasteiger partial charge in [0, 0.05) is 33.7 Å². The maximum Gasteiger partial charge on any atom is 0.190 e. The molecule has 0 spiro atoms. The third kappa shape index (κ3) is 1.57. The molecule has 0 aliphatic heterocycles. The van der Waals surface area contributed by atoms with Gasteiger partial charge in [-0.05, 0) is 19.4 Å². The number of hydrogen-bond donors (Lipinski definition) is 0. The Bertz CT molecular complexity index is 650. The van der Waals surface area contributed by atoms with Crippen molar-refractivity contribution in [3.63, 3.8) is 0 Å². The number of halogens is 1. The van der Waals surface area contributed by atoms with Crippen molar-refractivity contribution in [2.45, 2.75) is 19.8 Å². The van der Waals surface area contributed by atoms with Crippen LogP contribution in [0, 0.1) is 6.92 Å². The maximum atomic E-state index is 12.4. The van der Waals surface area contributed by atoms with Crippen LogP contribution in [0.5, 0.6) is 0 Å². The molecule has 0 fully saturated rings. The smallest absolute Gasteiger partial charge is 0.190 e. The zero-order valence-corrected chi connectivity index (χ0v) is 10.7. The lowest BCUT2D eigenvalue weighted by Gasteiger charge is -2.23. The average Bonchev–Trinajstić information content (AvgIpc) is 2.36. The highest BCUT2D eigenvalue weighted by Crippen LogP contribution is 2.36. The standard InChI is InChI=1S/C15H11ClO2/c1-8-2-4-10-12(6-8)14(17)11-5-3-9(16)7-13(11)15(10)18/h2-4,6H,5,7H2,1H3. The molecule has 90 valence electrons. The molecule has 0 radical (unpaired) electrons. The zero-order chi connectivity index (χ0) is 12.9. The van der Waals surface area contributed by atoms with Crippen LogP contribution < -0.4 is 0 Å². The van der Waals surface area contributed by atoms with E-state index < -0.39 is 0 Å². The second kappa shape index (κ2) is 3.92. The van der Waals surface area contributed by atoms with Crippen LogP contribution in [0.3, 0.4) is 0 Å². The molecule has 2 aliphatic rings. The first kappa shape index (κ1) is 11.4. The first-order valence-electron chi connectivity index (χ1n) is 5.84. The number of hydrogen-bond acceptors (Lipinski definition) is 2. The average molecular weight is 259 g/mol. The molecule has 18 heavy (non-hydrogen) atoms. The SMILES string of the molecule is Cc1ccc2c(c1)C(=O)C1=C(CC(Cl)=CC1)C2=O. The molecule has 0 unspecified atom stereocenters. The molecule has 0 saturated carbocycles. The molecule has 2 nitrogen and oxygen atoms in total. The van der Waals surface area contributed by atoms with Gasteiger partial charge >= 0.3 is 0 Å². The highest BCUT2D eigenvalue weighted by Gasteiger charge is 2.33. The van der Waals surface area contributed by atoms with Gasteiger partial charge in [0.05, 0.1) is 0 Å². The topological polar surface area (TPSA) is 34.1 Å². The Hall–Kier alpha value is -1.67. The van der Waals surface area contributed by atoms with Gasteiger partial charge in [-0.15, -0.1) is 0 Å². The van der Waals surface area contributed by atoms with Gasteiger partial charge in [0.15, 0.2) is 11.6 Å². The van der Waals surface area contributed by atoms with Gasteiger partial charge in [-0.25, -0.2) is 0 Å². The van der Waals surface area contributed by atoms with Gasteiger partial charge in [-0.1, -0.05) is 35.4 Å². The van der Waals surface area contributed by atoms with Crippen LogP contribution in [0.1, 0.15) is 39.1 Å². The molecule has 1 aromatic rings. The quantitative estimate of drug-likeness (QED) is 0.713. The van der Waals surface area contributed by atoms with Crippen molar-refractivity contribution in [2.75, 3.05) is 0 Å². The van der Waals surface area contributed by atoms with Gasteiger partial charge in [-0.3, -0.25) is 9.59 Å². The second-order valence-electron chi connectivity index (χ2n) is 4.70. The van der Waals surface area contributed by atoms with E-state index in [1.807, 2.05) is 19.1 Å². The lowest BCUT2D eigenvalue weighted by molar-refractivity contribution is 0.0970. The summed E-state index contributed by atoms with van der Waals surface area (Å²) >= 11 is 5.97. The molecular weight excluding hydrogens is 248 g/mol. The summed E-state index contributed by atoms with van der Waals surface area (Å²) in [7, 11) is 0. The molecule has 3 rings (SSSR count).